The van der Waals surface area contributed by atoms with Gasteiger partial charge in [0.2, 0.25) is 0 Å². The minimum atomic E-state index is -0.958. The zero-order chi connectivity index (χ0) is 11.0. The SMILES string of the molecule is CCc1c(C(=O)O)c(C)nc2oncc12. The monoisotopic (exact) mass is 206 g/mol. The lowest BCUT2D eigenvalue weighted by Gasteiger charge is -2.06. The van der Waals surface area contributed by atoms with Crippen molar-refractivity contribution in [3.05, 3.63) is 23.0 Å². The number of aromatic nitrogens is 2. The van der Waals surface area contributed by atoms with E-state index in [1.807, 2.05) is 6.92 Å². The van der Waals surface area contributed by atoms with Crippen LogP contribution in [0.25, 0.3) is 11.1 Å². The van der Waals surface area contributed by atoms with Gasteiger partial charge in [0, 0.05) is 0 Å². The van der Waals surface area contributed by atoms with Gasteiger partial charge in [0.15, 0.2) is 0 Å². The predicted molar refractivity (Wildman–Crippen MR) is 52.9 cm³/mol. The molecule has 0 aliphatic heterocycles. The smallest absolute Gasteiger partial charge is 0.337 e. The Hall–Kier alpha value is -1.91. The molecule has 0 amide bonds. The van der Waals surface area contributed by atoms with Crippen LogP contribution in [0.1, 0.15) is 28.5 Å². The lowest BCUT2D eigenvalue weighted by atomic mass is 10.0. The van der Waals surface area contributed by atoms with Gasteiger partial charge in [-0.1, -0.05) is 12.1 Å². The zero-order valence-corrected chi connectivity index (χ0v) is 8.44. The molecule has 0 bridgehead atoms. The van der Waals surface area contributed by atoms with Crippen molar-refractivity contribution in [2.24, 2.45) is 0 Å². The van der Waals surface area contributed by atoms with Crippen molar-refractivity contribution in [1.82, 2.24) is 10.1 Å². The molecular weight excluding hydrogens is 196 g/mol. The first-order chi connectivity index (χ1) is 7.15. The third-order valence-corrected chi connectivity index (χ3v) is 2.38. The number of carboxylic acid groups (broad SMARTS) is 1. The third-order valence-electron chi connectivity index (χ3n) is 2.38. The number of aromatic carboxylic acids is 1. The van der Waals surface area contributed by atoms with Crippen molar-refractivity contribution >= 4 is 17.1 Å². The number of pyridine rings is 1. The average Bonchev–Trinajstić information content (AvgIpc) is 2.62. The van der Waals surface area contributed by atoms with E-state index in [-0.39, 0.29) is 5.56 Å². The van der Waals surface area contributed by atoms with Crippen LogP contribution < -0.4 is 0 Å². The molecule has 5 heteroatoms. The number of nitrogens with zero attached hydrogens (tertiary/aromatic N) is 2. The highest BCUT2D eigenvalue weighted by Gasteiger charge is 2.18. The van der Waals surface area contributed by atoms with Crippen LogP contribution in [-0.4, -0.2) is 21.2 Å². The number of aryl methyl sites for hydroxylation is 2. The highest BCUT2D eigenvalue weighted by Crippen LogP contribution is 2.23. The van der Waals surface area contributed by atoms with Gasteiger partial charge in [-0.2, -0.15) is 0 Å². The Morgan fingerprint density at radius 1 is 1.60 bits per heavy atom. The van der Waals surface area contributed by atoms with Crippen molar-refractivity contribution in [2.45, 2.75) is 20.3 Å². The number of hydrogen-bond acceptors (Lipinski definition) is 4. The van der Waals surface area contributed by atoms with Crippen molar-refractivity contribution in [3.63, 3.8) is 0 Å². The second kappa shape index (κ2) is 3.34. The van der Waals surface area contributed by atoms with E-state index in [0.29, 0.717) is 23.2 Å². The standard InChI is InChI=1S/C10H10N2O3/c1-3-6-7-4-11-15-9(7)12-5(2)8(6)10(13)14/h4H,3H2,1-2H3,(H,13,14). The molecule has 0 fully saturated rings. The van der Waals surface area contributed by atoms with E-state index in [2.05, 4.69) is 10.1 Å². The van der Waals surface area contributed by atoms with Gasteiger partial charge in [0.05, 0.1) is 22.8 Å². The molecule has 0 atom stereocenters. The highest BCUT2D eigenvalue weighted by molar-refractivity contribution is 5.96. The van der Waals surface area contributed by atoms with Crippen LogP contribution in [0.15, 0.2) is 10.7 Å². The van der Waals surface area contributed by atoms with Gasteiger partial charge in [0.25, 0.3) is 5.71 Å². The first-order valence-electron chi connectivity index (χ1n) is 4.62. The molecule has 0 radical (unpaired) electrons. The van der Waals surface area contributed by atoms with Crippen molar-refractivity contribution in [2.75, 3.05) is 0 Å². The largest absolute Gasteiger partial charge is 0.478 e. The van der Waals surface area contributed by atoms with Gasteiger partial charge < -0.3 is 9.63 Å². The molecule has 2 heterocycles. The van der Waals surface area contributed by atoms with Crippen molar-refractivity contribution in [1.29, 1.82) is 0 Å². The molecule has 0 saturated carbocycles. The Morgan fingerprint density at radius 3 is 2.93 bits per heavy atom. The fourth-order valence-electron chi connectivity index (χ4n) is 1.73. The Bertz CT molecular complexity index is 531. The number of fused-ring (bicyclic) bond motifs is 1. The van der Waals surface area contributed by atoms with Gasteiger partial charge in [-0.05, 0) is 18.9 Å². The first-order valence-corrected chi connectivity index (χ1v) is 4.62. The topological polar surface area (TPSA) is 76.2 Å². The molecule has 0 aromatic carbocycles. The maximum atomic E-state index is 11.1. The second-order valence-electron chi connectivity index (χ2n) is 3.25. The molecule has 0 aliphatic carbocycles. The van der Waals surface area contributed by atoms with Crippen LogP contribution in [0.5, 0.6) is 0 Å². The van der Waals surface area contributed by atoms with E-state index in [4.69, 9.17) is 9.63 Å². The lowest BCUT2D eigenvalue weighted by molar-refractivity contribution is 0.0694. The fraction of sp³-hybridized carbons (Fsp3) is 0.300. The van der Waals surface area contributed by atoms with Crippen LogP contribution in [0.3, 0.4) is 0 Å². The second-order valence-corrected chi connectivity index (χ2v) is 3.25. The Morgan fingerprint density at radius 2 is 2.33 bits per heavy atom. The van der Waals surface area contributed by atoms with Gasteiger partial charge >= 0.3 is 5.97 Å². The molecule has 2 aromatic heterocycles. The third kappa shape index (κ3) is 1.36. The Kier molecular flexibility index (Phi) is 2.15. The predicted octanol–water partition coefficient (Wildman–Crippen LogP) is 1.79. The zero-order valence-electron chi connectivity index (χ0n) is 8.44. The van der Waals surface area contributed by atoms with Crippen LogP contribution >= 0.6 is 0 Å². The summed E-state index contributed by atoms with van der Waals surface area (Å²) in [5.41, 5.74) is 1.84. The van der Waals surface area contributed by atoms with Gasteiger partial charge in [-0.25, -0.2) is 9.78 Å². The van der Waals surface area contributed by atoms with Gasteiger partial charge in [-0.3, -0.25) is 0 Å². The van der Waals surface area contributed by atoms with Crippen molar-refractivity contribution < 1.29 is 14.4 Å². The normalized spacial score (nSPS) is 10.8. The quantitative estimate of drug-likeness (QED) is 0.810. The summed E-state index contributed by atoms with van der Waals surface area (Å²) in [5.74, 6) is -0.958. The molecule has 0 aliphatic rings. The molecule has 15 heavy (non-hydrogen) atoms. The summed E-state index contributed by atoms with van der Waals surface area (Å²) in [4.78, 5) is 15.1. The van der Waals surface area contributed by atoms with E-state index < -0.39 is 5.97 Å². The van der Waals surface area contributed by atoms with Crippen LogP contribution in [0.4, 0.5) is 0 Å². The summed E-state index contributed by atoms with van der Waals surface area (Å²) in [6.45, 7) is 3.55. The number of carbonyl (C=O) groups is 1. The summed E-state index contributed by atoms with van der Waals surface area (Å²) >= 11 is 0. The molecule has 0 saturated heterocycles. The molecule has 5 nitrogen and oxygen atoms in total. The summed E-state index contributed by atoms with van der Waals surface area (Å²) in [5, 5.41) is 13.4. The first kappa shape index (κ1) is 9.64. The summed E-state index contributed by atoms with van der Waals surface area (Å²) < 4.78 is 4.92. The minimum Gasteiger partial charge on any atom is -0.478 e. The maximum absolute atomic E-state index is 11.1. The maximum Gasteiger partial charge on any atom is 0.337 e. The molecule has 0 unspecified atom stereocenters. The highest BCUT2D eigenvalue weighted by atomic mass is 16.5. The van der Waals surface area contributed by atoms with Crippen LogP contribution in [0.2, 0.25) is 0 Å². The molecule has 78 valence electrons. The summed E-state index contributed by atoms with van der Waals surface area (Å²) in [7, 11) is 0. The molecule has 1 N–H and O–H groups in total. The summed E-state index contributed by atoms with van der Waals surface area (Å²) in [6, 6.07) is 0. The van der Waals surface area contributed by atoms with E-state index in [1.165, 1.54) is 6.20 Å². The Labute approximate surface area is 85.7 Å². The lowest BCUT2D eigenvalue weighted by Crippen LogP contribution is -2.07. The van der Waals surface area contributed by atoms with E-state index in [9.17, 15) is 4.79 Å². The Balaban J connectivity index is 2.88. The van der Waals surface area contributed by atoms with Crippen molar-refractivity contribution in [3.8, 4) is 0 Å². The number of carboxylic acids is 1. The summed E-state index contributed by atoms with van der Waals surface area (Å²) in [6.07, 6.45) is 2.12. The number of hydrogen-bond donors (Lipinski definition) is 1. The van der Waals surface area contributed by atoms with E-state index in [1.54, 1.807) is 6.92 Å². The molecule has 2 aromatic rings. The van der Waals surface area contributed by atoms with Gasteiger partial charge in [0.1, 0.15) is 0 Å². The minimum absolute atomic E-state index is 0.258. The van der Waals surface area contributed by atoms with E-state index in [0.717, 1.165) is 5.56 Å². The molecule has 2 rings (SSSR count). The van der Waals surface area contributed by atoms with Crippen LogP contribution in [-0.2, 0) is 6.42 Å². The fourth-order valence-corrected chi connectivity index (χ4v) is 1.73. The van der Waals surface area contributed by atoms with Gasteiger partial charge in [-0.15, -0.1) is 0 Å². The number of rotatable bonds is 2. The molecular formula is C10H10N2O3. The van der Waals surface area contributed by atoms with Crippen LogP contribution in [0, 0.1) is 6.92 Å². The van der Waals surface area contributed by atoms with E-state index >= 15 is 0 Å². The average molecular weight is 206 g/mol. The molecule has 0 spiro atoms.